The summed E-state index contributed by atoms with van der Waals surface area (Å²) < 4.78 is 1.63. The number of fused-ring (bicyclic) bond motifs is 1. The van der Waals surface area contributed by atoms with E-state index in [4.69, 9.17) is 0 Å². The van der Waals surface area contributed by atoms with Crippen molar-refractivity contribution in [1.82, 2.24) is 9.61 Å². The number of aryl methyl sites for hydroxylation is 1. The van der Waals surface area contributed by atoms with Crippen molar-refractivity contribution in [3.8, 4) is 0 Å². The van der Waals surface area contributed by atoms with Crippen LogP contribution in [0.5, 0.6) is 0 Å². The van der Waals surface area contributed by atoms with Gasteiger partial charge in [-0.3, -0.25) is 9.59 Å². The number of Topliss-reactive ketones (excluding diaryl/α,β-unsaturated/α-hetero) is 2. The third-order valence-electron chi connectivity index (χ3n) is 3.42. The van der Waals surface area contributed by atoms with Crippen molar-refractivity contribution in [2.75, 3.05) is 0 Å². The Morgan fingerprint density at radius 1 is 1.05 bits per heavy atom. The van der Waals surface area contributed by atoms with Gasteiger partial charge in [-0.15, -0.1) is 0 Å². The van der Waals surface area contributed by atoms with E-state index >= 15 is 0 Å². The number of hydrogen-bond donors (Lipinski definition) is 0. The standard InChI is InChI=1S/C17H14N2O2/c1-12-5-7-13(8-6-12)16(20)10-17(21)14-11-18-19-9-3-2-4-15(14)19/h2-9,11H,10H2,1H3. The first-order chi connectivity index (χ1) is 10.1. The number of pyridine rings is 1. The minimum atomic E-state index is -0.207. The molecule has 0 aliphatic rings. The minimum Gasteiger partial charge on any atom is -0.294 e. The highest BCUT2D eigenvalue weighted by Gasteiger charge is 2.17. The largest absolute Gasteiger partial charge is 0.294 e. The number of carbonyl (C=O) groups excluding carboxylic acids is 2. The fraction of sp³-hybridized carbons (Fsp3) is 0.118. The van der Waals surface area contributed by atoms with Gasteiger partial charge in [-0.1, -0.05) is 35.9 Å². The number of ketones is 2. The van der Waals surface area contributed by atoms with Crippen LogP contribution in [-0.2, 0) is 0 Å². The zero-order valence-electron chi connectivity index (χ0n) is 11.6. The van der Waals surface area contributed by atoms with Crippen LogP contribution in [0.25, 0.3) is 5.52 Å². The second-order valence-electron chi connectivity index (χ2n) is 4.98. The molecule has 0 aliphatic carbocycles. The molecule has 0 amide bonds. The van der Waals surface area contributed by atoms with Crippen molar-refractivity contribution >= 4 is 17.1 Å². The maximum absolute atomic E-state index is 12.3. The Morgan fingerprint density at radius 2 is 1.81 bits per heavy atom. The van der Waals surface area contributed by atoms with Crippen LogP contribution in [0.4, 0.5) is 0 Å². The van der Waals surface area contributed by atoms with Crippen molar-refractivity contribution in [1.29, 1.82) is 0 Å². The molecule has 4 nitrogen and oxygen atoms in total. The molecule has 0 unspecified atom stereocenters. The van der Waals surface area contributed by atoms with E-state index in [2.05, 4.69) is 5.10 Å². The zero-order chi connectivity index (χ0) is 14.8. The van der Waals surface area contributed by atoms with Crippen LogP contribution in [0.2, 0.25) is 0 Å². The second-order valence-corrected chi connectivity index (χ2v) is 4.98. The fourth-order valence-electron chi connectivity index (χ4n) is 2.23. The van der Waals surface area contributed by atoms with Crippen LogP contribution < -0.4 is 0 Å². The zero-order valence-corrected chi connectivity index (χ0v) is 11.6. The van der Waals surface area contributed by atoms with Crippen molar-refractivity contribution in [2.45, 2.75) is 13.3 Å². The third-order valence-corrected chi connectivity index (χ3v) is 3.42. The summed E-state index contributed by atoms with van der Waals surface area (Å²) in [6, 6.07) is 12.7. The Bertz CT molecular complexity index is 816. The van der Waals surface area contributed by atoms with Crippen LogP contribution in [0.15, 0.2) is 54.9 Å². The molecule has 1 aromatic carbocycles. The van der Waals surface area contributed by atoms with E-state index < -0.39 is 0 Å². The third kappa shape index (κ3) is 2.60. The first kappa shape index (κ1) is 13.2. The van der Waals surface area contributed by atoms with Crippen LogP contribution in [-0.4, -0.2) is 21.2 Å². The van der Waals surface area contributed by atoms with Gasteiger partial charge in [0.2, 0.25) is 0 Å². The Morgan fingerprint density at radius 3 is 2.57 bits per heavy atom. The molecule has 0 bridgehead atoms. The van der Waals surface area contributed by atoms with E-state index in [0.717, 1.165) is 11.1 Å². The fourth-order valence-corrected chi connectivity index (χ4v) is 2.23. The molecule has 0 radical (unpaired) electrons. The summed E-state index contributed by atoms with van der Waals surface area (Å²) in [5.41, 5.74) is 2.85. The molecule has 0 saturated heterocycles. The number of rotatable bonds is 4. The van der Waals surface area contributed by atoms with Crippen LogP contribution in [0.1, 0.15) is 32.7 Å². The topological polar surface area (TPSA) is 51.4 Å². The lowest BCUT2D eigenvalue weighted by Gasteiger charge is -2.01. The van der Waals surface area contributed by atoms with Gasteiger partial charge in [-0.05, 0) is 19.1 Å². The molecule has 0 aliphatic heterocycles. The molecule has 3 aromatic rings. The van der Waals surface area contributed by atoms with Gasteiger partial charge < -0.3 is 0 Å². The van der Waals surface area contributed by atoms with Gasteiger partial charge >= 0.3 is 0 Å². The second kappa shape index (κ2) is 5.32. The van der Waals surface area contributed by atoms with Gasteiger partial charge in [0.05, 0.1) is 23.7 Å². The van der Waals surface area contributed by atoms with E-state index in [1.165, 1.54) is 6.20 Å². The Hall–Kier alpha value is -2.75. The van der Waals surface area contributed by atoms with Gasteiger partial charge in [-0.2, -0.15) is 5.10 Å². The molecule has 2 heterocycles. The molecule has 3 rings (SSSR count). The summed E-state index contributed by atoms with van der Waals surface area (Å²) in [5, 5.41) is 4.12. The highest BCUT2D eigenvalue weighted by atomic mass is 16.1. The number of benzene rings is 1. The van der Waals surface area contributed by atoms with Gasteiger partial charge in [0.1, 0.15) is 0 Å². The summed E-state index contributed by atoms with van der Waals surface area (Å²) in [7, 11) is 0. The van der Waals surface area contributed by atoms with Crippen molar-refractivity contribution in [2.24, 2.45) is 0 Å². The molecule has 0 N–H and O–H groups in total. The highest BCUT2D eigenvalue weighted by Crippen LogP contribution is 2.14. The maximum atomic E-state index is 12.3. The molecule has 21 heavy (non-hydrogen) atoms. The average Bonchev–Trinajstić information content (AvgIpc) is 2.92. The molecule has 0 saturated carbocycles. The molecule has 0 spiro atoms. The van der Waals surface area contributed by atoms with Gasteiger partial charge in [0, 0.05) is 11.8 Å². The van der Waals surface area contributed by atoms with Crippen LogP contribution in [0.3, 0.4) is 0 Å². The lowest BCUT2D eigenvalue weighted by molar-refractivity contribution is 0.0895. The summed E-state index contributed by atoms with van der Waals surface area (Å²) in [4.78, 5) is 24.4. The summed E-state index contributed by atoms with van der Waals surface area (Å²) in [5.74, 6) is -0.378. The Labute approximate surface area is 122 Å². The highest BCUT2D eigenvalue weighted by molar-refractivity contribution is 6.15. The minimum absolute atomic E-state index is 0.140. The molecule has 4 heteroatoms. The van der Waals surface area contributed by atoms with Crippen LogP contribution in [0, 0.1) is 6.92 Å². The normalized spacial score (nSPS) is 10.7. The molecule has 0 fully saturated rings. The van der Waals surface area contributed by atoms with E-state index in [0.29, 0.717) is 11.1 Å². The number of hydrogen-bond acceptors (Lipinski definition) is 3. The molecule has 0 atom stereocenters. The van der Waals surface area contributed by atoms with Gasteiger partial charge in [0.25, 0.3) is 0 Å². The van der Waals surface area contributed by atoms with Crippen molar-refractivity contribution in [3.05, 3.63) is 71.5 Å². The van der Waals surface area contributed by atoms with Gasteiger partial charge in [0.15, 0.2) is 11.6 Å². The predicted octanol–water partition coefficient (Wildman–Crippen LogP) is 3.10. The summed E-state index contributed by atoms with van der Waals surface area (Å²) >= 11 is 0. The van der Waals surface area contributed by atoms with E-state index in [1.807, 2.05) is 37.3 Å². The quantitative estimate of drug-likeness (QED) is 0.544. The monoisotopic (exact) mass is 278 g/mol. The van der Waals surface area contributed by atoms with E-state index in [9.17, 15) is 9.59 Å². The number of carbonyl (C=O) groups is 2. The first-order valence-electron chi connectivity index (χ1n) is 6.70. The van der Waals surface area contributed by atoms with E-state index in [-0.39, 0.29) is 18.0 Å². The SMILES string of the molecule is Cc1ccc(C(=O)CC(=O)c2cnn3ccccc23)cc1. The lowest BCUT2D eigenvalue weighted by Crippen LogP contribution is -2.08. The Balaban J connectivity index is 1.83. The average molecular weight is 278 g/mol. The lowest BCUT2D eigenvalue weighted by atomic mass is 10.0. The smallest absolute Gasteiger partial charge is 0.174 e. The van der Waals surface area contributed by atoms with Crippen LogP contribution >= 0.6 is 0 Å². The van der Waals surface area contributed by atoms with E-state index in [1.54, 1.807) is 22.8 Å². The van der Waals surface area contributed by atoms with Crippen molar-refractivity contribution < 1.29 is 9.59 Å². The van der Waals surface area contributed by atoms with Gasteiger partial charge in [-0.25, -0.2) is 4.52 Å². The van der Waals surface area contributed by atoms with Crippen molar-refractivity contribution in [3.63, 3.8) is 0 Å². The maximum Gasteiger partial charge on any atom is 0.174 e. The molecule has 2 aromatic heterocycles. The summed E-state index contributed by atoms with van der Waals surface area (Å²) in [6.07, 6.45) is 3.15. The molecular formula is C17H14N2O2. The molecule has 104 valence electrons. The number of aromatic nitrogens is 2. The molecular weight excluding hydrogens is 264 g/mol. The summed E-state index contributed by atoms with van der Waals surface area (Å²) in [6.45, 7) is 1.96. The number of nitrogens with zero attached hydrogens (tertiary/aromatic N) is 2. The predicted molar refractivity (Wildman–Crippen MR) is 79.6 cm³/mol. The Kier molecular flexibility index (Phi) is 3.36. The first-order valence-corrected chi connectivity index (χ1v) is 6.70.